The first kappa shape index (κ1) is 17.1. The molecule has 0 saturated carbocycles. The van der Waals surface area contributed by atoms with Crippen molar-refractivity contribution < 1.29 is 14.0 Å². The number of benzene rings is 1. The number of aromatic nitrogens is 2. The van der Waals surface area contributed by atoms with Gasteiger partial charge < -0.3 is 10.2 Å². The number of carbonyl (C=O) groups excluding carboxylic acids is 2. The van der Waals surface area contributed by atoms with Crippen LogP contribution in [0.25, 0.3) is 0 Å². The monoisotopic (exact) mass is 344 g/mol. The zero-order valence-electron chi connectivity index (χ0n) is 14.3. The maximum atomic E-state index is 13.6. The second-order valence-electron chi connectivity index (χ2n) is 6.62. The highest BCUT2D eigenvalue weighted by molar-refractivity contribution is 5.97. The number of halogens is 1. The molecule has 1 aromatic carbocycles. The van der Waals surface area contributed by atoms with E-state index in [1.54, 1.807) is 12.1 Å². The van der Waals surface area contributed by atoms with E-state index >= 15 is 0 Å². The first-order chi connectivity index (χ1) is 12.0. The van der Waals surface area contributed by atoms with Crippen molar-refractivity contribution in [2.24, 2.45) is 5.92 Å². The van der Waals surface area contributed by atoms with Gasteiger partial charge in [-0.25, -0.2) is 4.39 Å². The second-order valence-corrected chi connectivity index (χ2v) is 6.62. The zero-order chi connectivity index (χ0) is 18.0. The topological polar surface area (TPSA) is 78.1 Å². The van der Waals surface area contributed by atoms with Gasteiger partial charge >= 0.3 is 0 Å². The lowest BCUT2D eigenvalue weighted by Gasteiger charge is -2.34. The summed E-state index contributed by atoms with van der Waals surface area (Å²) in [5.74, 6) is -0.662. The molecule has 1 aromatic heterocycles. The third-order valence-corrected chi connectivity index (χ3v) is 4.12. The number of nitrogens with zero attached hydrogens (tertiary/aromatic N) is 2. The third kappa shape index (κ3) is 3.70. The van der Waals surface area contributed by atoms with E-state index in [-0.39, 0.29) is 17.5 Å². The Morgan fingerprint density at radius 3 is 2.92 bits per heavy atom. The SMILES string of the molecule is CC(C)Cc1cc(C(=O)N2CCNC(=O)[C@H]2c2cccc(F)c2)n[nH]1. The van der Waals surface area contributed by atoms with Gasteiger partial charge in [0.2, 0.25) is 5.91 Å². The molecule has 25 heavy (non-hydrogen) atoms. The highest BCUT2D eigenvalue weighted by atomic mass is 19.1. The van der Waals surface area contributed by atoms with Crippen LogP contribution in [0, 0.1) is 11.7 Å². The largest absolute Gasteiger partial charge is 0.352 e. The Hall–Kier alpha value is -2.70. The summed E-state index contributed by atoms with van der Waals surface area (Å²) in [6.07, 6.45) is 0.786. The molecule has 2 amide bonds. The minimum atomic E-state index is -0.859. The van der Waals surface area contributed by atoms with Crippen molar-refractivity contribution >= 4 is 11.8 Å². The van der Waals surface area contributed by atoms with E-state index in [0.29, 0.717) is 24.6 Å². The fourth-order valence-electron chi connectivity index (χ4n) is 3.06. The van der Waals surface area contributed by atoms with E-state index in [1.165, 1.54) is 23.1 Å². The molecule has 1 aliphatic heterocycles. The van der Waals surface area contributed by atoms with Crippen molar-refractivity contribution in [2.75, 3.05) is 13.1 Å². The average Bonchev–Trinajstić information content (AvgIpc) is 3.01. The first-order valence-electron chi connectivity index (χ1n) is 8.34. The Balaban J connectivity index is 1.88. The number of hydrogen-bond acceptors (Lipinski definition) is 3. The Kier molecular flexibility index (Phi) is 4.83. The van der Waals surface area contributed by atoms with E-state index in [2.05, 4.69) is 29.4 Å². The minimum absolute atomic E-state index is 0.270. The molecule has 1 atom stereocenters. The summed E-state index contributed by atoms with van der Waals surface area (Å²) in [5, 5.41) is 9.70. The fraction of sp³-hybridized carbons (Fsp3) is 0.389. The van der Waals surface area contributed by atoms with Gasteiger partial charge in [0.05, 0.1) is 0 Å². The zero-order valence-corrected chi connectivity index (χ0v) is 14.3. The van der Waals surface area contributed by atoms with E-state index in [1.807, 2.05) is 0 Å². The summed E-state index contributed by atoms with van der Waals surface area (Å²) >= 11 is 0. The van der Waals surface area contributed by atoms with Crippen molar-refractivity contribution in [2.45, 2.75) is 26.3 Å². The van der Waals surface area contributed by atoms with Crippen LogP contribution in [-0.4, -0.2) is 40.0 Å². The lowest BCUT2D eigenvalue weighted by molar-refractivity contribution is -0.128. The van der Waals surface area contributed by atoms with Crippen LogP contribution >= 0.6 is 0 Å². The standard InChI is InChI=1S/C18H21FN4O2/c1-11(2)8-14-10-15(22-21-14)18(25)23-7-6-20-17(24)16(23)12-4-3-5-13(19)9-12/h3-5,9-11,16H,6-8H2,1-2H3,(H,20,24)(H,21,22)/t16-/m1/s1. The third-order valence-electron chi connectivity index (χ3n) is 4.12. The highest BCUT2D eigenvalue weighted by Crippen LogP contribution is 2.25. The van der Waals surface area contributed by atoms with Crippen LogP contribution in [0.4, 0.5) is 4.39 Å². The van der Waals surface area contributed by atoms with Crippen molar-refractivity contribution in [1.82, 2.24) is 20.4 Å². The summed E-state index contributed by atoms with van der Waals surface area (Å²) in [6.45, 7) is 4.87. The van der Waals surface area contributed by atoms with Crippen LogP contribution in [0.2, 0.25) is 0 Å². The lowest BCUT2D eigenvalue weighted by atomic mass is 10.0. The molecule has 2 aromatic rings. The molecule has 1 saturated heterocycles. The van der Waals surface area contributed by atoms with Crippen LogP contribution in [0.1, 0.15) is 41.6 Å². The Bertz CT molecular complexity index is 787. The van der Waals surface area contributed by atoms with Gasteiger partial charge in [0.15, 0.2) is 0 Å². The van der Waals surface area contributed by atoms with Gasteiger partial charge in [-0.3, -0.25) is 14.7 Å². The lowest BCUT2D eigenvalue weighted by Crippen LogP contribution is -2.52. The quantitative estimate of drug-likeness (QED) is 0.891. The Morgan fingerprint density at radius 1 is 1.40 bits per heavy atom. The maximum absolute atomic E-state index is 13.6. The van der Waals surface area contributed by atoms with Gasteiger partial charge in [0.25, 0.3) is 5.91 Å². The molecule has 0 spiro atoms. The number of amides is 2. The molecule has 2 N–H and O–H groups in total. The van der Waals surface area contributed by atoms with E-state index in [4.69, 9.17) is 0 Å². The van der Waals surface area contributed by atoms with E-state index in [9.17, 15) is 14.0 Å². The number of piperazine rings is 1. The van der Waals surface area contributed by atoms with Crippen LogP contribution in [-0.2, 0) is 11.2 Å². The number of rotatable bonds is 4. The summed E-state index contributed by atoms with van der Waals surface area (Å²) in [4.78, 5) is 26.7. The number of aromatic amines is 1. The van der Waals surface area contributed by atoms with Crippen molar-refractivity contribution in [3.63, 3.8) is 0 Å². The predicted molar refractivity (Wildman–Crippen MR) is 90.3 cm³/mol. The van der Waals surface area contributed by atoms with Gasteiger partial charge in [0, 0.05) is 18.8 Å². The summed E-state index contributed by atoms with van der Waals surface area (Å²) in [5.41, 5.74) is 1.59. The van der Waals surface area contributed by atoms with Gasteiger partial charge in [0.1, 0.15) is 17.6 Å². The summed E-state index contributed by atoms with van der Waals surface area (Å²) in [7, 11) is 0. The molecule has 0 unspecified atom stereocenters. The highest BCUT2D eigenvalue weighted by Gasteiger charge is 2.35. The maximum Gasteiger partial charge on any atom is 0.275 e. The van der Waals surface area contributed by atoms with Crippen LogP contribution in [0.5, 0.6) is 0 Å². The molecule has 0 radical (unpaired) electrons. The minimum Gasteiger partial charge on any atom is -0.352 e. The molecule has 132 valence electrons. The molecule has 1 fully saturated rings. The fourth-order valence-corrected chi connectivity index (χ4v) is 3.06. The van der Waals surface area contributed by atoms with Gasteiger partial charge in [-0.05, 0) is 36.1 Å². The predicted octanol–water partition coefficient (Wildman–Crippen LogP) is 2.06. The van der Waals surface area contributed by atoms with Crippen LogP contribution in [0.15, 0.2) is 30.3 Å². The molecular formula is C18H21FN4O2. The Labute approximate surface area is 145 Å². The molecular weight excluding hydrogens is 323 g/mol. The molecule has 6 nitrogen and oxygen atoms in total. The number of H-pyrrole nitrogens is 1. The van der Waals surface area contributed by atoms with Crippen LogP contribution in [0.3, 0.4) is 0 Å². The molecule has 0 bridgehead atoms. The van der Waals surface area contributed by atoms with Gasteiger partial charge in [-0.2, -0.15) is 5.10 Å². The van der Waals surface area contributed by atoms with Gasteiger partial charge in [-0.15, -0.1) is 0 Å². The number of nitrogens with one attached hydrogen (secondary N) is 2. The average molecular weight is 344 g/mol. The van der Waals surface area contributed by atoms with Crippen LogP contribution < -0.4 is 5.32 Å². The molecule has 2 heterocycles. The molecule has 3 rings (SSSR count). The molecule has 0 aliphatic carbocycles. The van der Waals surface area contributed by atoms with E-state index in [0.717, 1.165) is 12.1 Å². The molecule has 1 aliphatic rings. The molecule has 7 heteroatoms. The number of carbonyl (C=O) groups is 2. The smallest absolute Gasteiger partial charge is 0.275 e. The van der Waals surface area contributed by atoms with Crippen molar-refractivity contribution in [3.05, 3.63) is 53.1 Å². The Morgan fingerprint density at radius 2 is 2.20 bits per heavy atom. The van der Waals surface area contributed by atoms with Crippen molar-refractivity contribution in [3.8, 4) is 0 Å². The number of hydrogen-bond donors (Lipinski definition) is 2. The van der Waals surface area contributed by atoms with Crippen molar-refractivity contribution in [1.29, 1.82) is 0 Å². The van der Waals surface area contributed by atoms with E-state index < -0.39 is 11.9 Å². The normalized spacial score (nSPS) is 17.7. The van der Waals surface area contributed by atoms with Gasteiger partial charge in [-0.1, -0.05) is 26.0 Å². The first-order valence-corrected chi connectivity index (χ1v) is 8.34. The summed E-state index contributed by atoms with van der Waals surface area (Å²) in [6, 6.07) is 6.63. The second kappa shape index (κ2) is 7.04. The summed E-state index contributed by atoms with van der Waals surface area (Å²) < 4.78 is 13.6.